The van der Waals surface area contributed by atoms with Gasteiger partial charge in [-0.1, -0.05) is 12.7 Å². The van der Waals surface area contributed by atoms with Crippen LogP contribution in [0.3, 0.4) is 0 Å². The average Bonchev–Trinajstić information content (AvgIpc) is 3.58. The lowest BCUT2D eigenvalue weighted by Gasteiger charge is -2.37. The lowest BCUT2D eigenvalue weighted by Crippen LogP contribution is -2.52. The molecular formula is C30H38F2N6O2. The number of halogens is 2. The first-order chi connectivity index (χ1) is 19.3. The van der Waals surface area contributed by atoms with Crippen molar-refractivity contribution >= 4 is 17.6 Å². The Morgan fingerprint density at radius 1 is 1.27 bits per heavy atom. The van der Waals surface area contributed by atoms with E-state index in [9.17, 15) is 4.39 Å². The predicted octanol–water partition coefficient (Wildman–Crippen LogP) is 3.86. The molecule has 0 aliphatic carbocycles. The van der Waals surface area contributed by atoms with Crippen LogP contribution in [0.1, 0.15) is 66.2 Å². The molecule has 40 heavy (non-hydrogen) atoms. The molecule has 2 unspecified atom stereocenters. The molecule has 3 N–H and O–H groups in total. The van der Waals surface area contributed by atoms with Crippen LogP contribution in [-0.4, -0.2) is 71.4 Å². The molecule has 4 fully saturated rings. The van der Waals surface area contributed by atoms with E-state index in [1.165, 1.54) is 0 Å². The summed E-state index contributed by atoms with van der Waals surface area (Å²) in [5.41, 5.74) is 9.52. The van der Waals surface area contributed by atoms with Crippen molar-refractivity contribution in [2.45, 2.75) is 82.0 Å². The zero-order valence-corrected chi connectivity index (χ0v) is 23.1. The van der Waals surface area contributed by atoms with Gasteiger partial charge in [0.1, 0.15) is 18.6 Å². The molecule has 6 heterocycles. The molecule has 2 aromatic rings. The third-order valence-corrected chi connectivity index (χ3v) is 9.71. The molecule has 7 rings (SSSR count). The molecule has 5 atom stereocenters. The predicted molar refractivity (Wildman–Crippen MR) is 150 cm³/mol. The molecule has 214 valence electrons. The van der Waals surface area contributed by atoms with E-state index < -0.39 is 18.1 Å². The minimum Gasteiger partial charge on any atom is -0.461 e. The molecule has 0 radical (unpaired) electrons. The summed E-state index contributed by atoms with van der Waals surface area (Å²) in [4.78, 5) is 14.4. The first-order valence-electron chi connectivity index (χ1n) is 14.6. The first-order valence-corrected chi connectivity index (χ1v) is 14.6. The van der Waals surface area contributed by atoms with E-state index in [2.05, 4.69) is 21.7 Å². The molecule has 1 aromatic heterocycles. The third-order valence-electron chi connectivity index (χ3n) is 9.71. The van der Waals surface area contributed by atoms with Gasteiger partial charge in [-0.25, -0.2) is 8.78 Å². The van der Waals surface area contributed by atoms with E-state index in [0.717, 1.165) is 68.0 Å². The van der Waals surface area contributed by atoms with Gasteiger partial charge < -0.3 is 25.4 Å². The van der Waals surface area contributed by atoms with Crippen molar-refractivity contribution in [3.8, 4) is 6.01 Å². The fraction of sp³-hybridized carbons (Fsp3) is 0.600. The maximum Gasteiger partial charge on any atom is 0.318 e. The zero-order chi connectivity index (χ0) is 27.6. The number of piperazine rings is 1. The van der Waals surface area contributed by atoms with Crippen LogP contribution in [0.25, 0.3) is 6.08 Å². The second-order valence-corrected chi connectivity index (χ2v) is 12.3. The van der Waals surface area contributed by atoms with Crippen LogP contribution in [-0.2, 0) is 17.8 Å². The minimum absolute atomic E-state index is 0.0966. The van der Waals surface area contributed by atoms with Gasteiger partial charge in [-0.05, 0) is 56.3 Å². The Kier molecular flexibility index (Phi) is 6.47. The number of alkyl halides is 1. The summed E-state index contributed by atoms with van der Waals surface area (Å²) in [6.07, 6.45) is 5.39. The smallest absolute Gasteiger partial charge is 0.318 e. The molecular weight excluding hydrogens is 514 g/mol. The van der Waals surface area contributed by atoms with Gasteiger partial charge in [0.15, 0.2) is 5.82 Å². The quantitative estimate of drug-likeness (QED) is 0.523. The first kappa shape index (κ1) is 26.1. The molecule has 0 amide bonds. The van der Waals surface area contributed by atoms with E-state index >= 15 is 4.39 Å². The number of hydrogen-bond donors (Lipinski definition) is 2. The Labute approximate surface area is 233 Å². The zero-order valence-electron chi connectivity index (χ0n) is 23.1. The van der Waals surface area contributed by atoms with Crippen molar-refractivity contribution in [2.24, 2.45) is 0 Å². The fourth-order valence-corrected chi connectivity index (χ4v) is 7.81. The van der Waals surface area contributed by atoms with E-state index in [-0.39, 0.29) is 17.8 Å². The maximum atomic E-state index is 15.4. The van der Waals surface area contributed by atoms with Crippen LogP contribution in [0.5, 0.6) is 6.01 Å². The van der Waals surface area contributed by atoms with Gasteiger partial charge in [-0.3, -0.25) is 4.90 Å². The molecule has 10 heteroatoms. The number of nitrogens with two attached hydrogens (primary N) is 1. The SMILES string of the molecule is C=Cc1c(C)cc(N)c(F)c1[C@@H]1Cc2nc(OC[C@@]34CCCN3C[C@H](F)C4)nc(N3CC4CCC(C3)N4)c2CO1. The van der Waals surface area contributed by atoms with Crippen molar-refractivity contribution in [1.82, 2.24) is 20.2 Å². The van der Waals surface area contributed by atoms with Crippen LogP contribution in [0, 0.1) is 12.7 Å². The second-order valence-electron chi connectivity index (χ2n) is 12.3. The van der Waals surface area contributed by atoms with Crippen molar-refractivity contribution in [3.63, 3.8) is 0 Å². The van der Waals surface area contributed by atoms with Crippen molar-refractivity contribution in [3.05, 3.63) is 46.4 Å². The van der Waals surface area contributed by atoms with E-state index in [1.807, 2.05) is 6.92 Å². The Morgan fingerprint density at radius 3 is 2.85 bits per heavy atom. The molecule has 1 aromatic carbocycles. The van der Waals surface area contributed by atoms with Crippen molar-refractivity contribution in [2.75, 3.05) is 43.4 Å². The highest BCUT2D eigenvalue weighted by Gasteiger charge is 2.49. The summed E-state index contributed by atoms with van der Waals surface area (Å²) in [7, 11) is 0. The molecule has 5 aliphatic rings. The molecule has 0 spiro atoms. The van der Waals surface area contributed by atoms with E-state index in [1.54, 1.807) is 12.1 Å². The number of anilines is 2. The summed E-state index contributed by atoms with van der Waals surface area (Å²) in [5.74, 6) is 0.362. The molecule has 2 bridgehead atoms. The van der Waals surface area contributed by atoms with Gasteiger partial charge in [0.2, 0.25) is 0 Å². The minimum atomic E-state index is -0.825. The number of rotatable bonds is 6. The summed E-state index contributed by atoms with van der Waals surface area (Å²) < 4.78 is 42.5. The number of aryl methyl sites for hydroxylation is 1. The molecule has 0 saturated carbocycles. The Balaban J connectivity index is 1.23. The van der Waals surface area contributed by atoms with Gasteiger partial charge in [-0.15, -0.1) is 0 Å². The highest BCUT2D eigenvalue weighted by atomic mass is 19.1. The van der Waals surface area contributed by atoms with Crippen LogP contribution in [0.2, 0.25) is 0 Å². The van der Waals surface area contributed by atoms with Crippen LogP contribution in [0.15, 0.2) is 12.6 Å². The summed E-state index contributed by atoms with van der Waals surface area (Å²) in [5, 5.41) is 3.68. The number of ether oxygens (including phenoxy) is 2. The largest absolute Gasteiger partial charge is 0.461 e. The number of fused-ring (bicyclic) bond motifs is 4. The number of aromatic nitrogens is 2. The van der Waals surface area contributed by atoms with Crippen molar-refractivity contribution in [1.29, 1.82) is 0 Å². The topological polar surface area (TPSA) is 88.8 Å². The van der Waals surface area contributed by atoms with Gasteiger partial charge in [0.05, 0.1) is 29.6 Å². The summed E-state index contributed by atoms with van der Waals surface area (Å²) >= 11 is 0. The Morgan fingerprint density at radius 2 is 2.08 bits per heavy atom. The van der Waals surface area contributed by atoms with E-state index in [0.29, 0.717) is 55.2 Å². The Bertz CT molecular complexity index is 1330. The fourth-order valence-electron chi connectivity index (χ4n) is 7.81. The van der Waals surface area contributed by atoms with Gasteiger partial charge in [-0.2, -0.15) is 9.97 Å². The standard InChI is InChI=1S/C30H38F2N6O2/c1-3-21-17(2)9-23(33)27(32)26(21)25-10-24-22(15-39-25)28(37-13-19-5-6-20(14-37)34-19)36-29(35-24)40-16-30-7-4-8-38(30)12-18(31)11-30/h3,9,18-20,25,34H,1,4-8,10-16,33H2,2H3/t18-,19?,20?,25+,30+/m1/s1. The van der Waals surface area contributed by atoms with Crippen LogP contribution < -0.4 is 20.7 Å². The number of nitrogen functional groups attached to an aromatic ring is 1. The normalized spacial score (nSPS) is 31.3. The average molecular weight is 553 g/mol. The lowest BCUT2D eigenvalue weighted by molar-refractivity contribution is 0.0231. The summed E-state index contributed by atoms with van der Waals surface area (Å²) in [6.45, 7) is 9.52. The number of nitrogens with one attached hydrogen (secondary N) is 1. The maximum absolute atomic E-state index is 15.4. The van der Waals surface area contributed by atoms with Crippen LogP contribution >= 0.6 is 0 Å². The number of benzene rings is 1. The van der Waals surface area contributed by atoms with Crippen molar-refractivity contribution < 1.29 is 18.3 Å². The second kappa shape index (κ2) is 9.92. The van der Waals surface area contributed by atoms with Gasteiger partial charge in [0.25, 0.3) is 0 Å². The summed E-state index contributed by atoms with van der Waals surface area (Å²) in [6, 6.07) is 2.79. The van der Waals surface area contributed by atoms with Crippen LogP contribution in [0.4, 0.5) is 20.3 Å². The highest BCUT2D eigenvalue weighted by molar-refractivity contribution is 5.63. The highest BCUT2D eigenvalue weighted by Crippen LogP contribution is 2.42. The molecule has 8 nitrogen and oxygen atoms in total. The monoisotopic (exact) mass is 552 g/mol. The Hall–Kier alpha value is -2.82. The lowest BCUT2D eigenvalue weighted by atomic mass is 9.91. The van der Waals surface area contributed by atoms with E-state index in [4.69, 9.17) is 25.2 Å². The third kappa shape index (κ3) is 4.35. The number of nitrogens with zero attached hydrogens (tertiary/aromatic N) is 4. The molecule has 4 saturated heterocycles. The number of hydrogen-bond acceptors (Lipinski definition) is 8. The van der Waals surface area contributed by atoms with Gasteiger partial charge >= 0.3 is 6.01 Å². The van der Waals surface area contributed by atoms with Gasteiger partial charge in [0, 0.05) is 55.7 Å². The molecule has 5 aliphatic heterocycles.